The lowest BCUT2D eigenvalue weighted by atomic mass is 10.0. The average Bonchev–Trinajstić information content (AvgIpc) is 2.70. The summed E-state index contributed by atoms with van der Waals surface area (Å²) in [5, 5.41) is 3.27. The molecule has 0 aromatic rings. The van der Waals surface area contributed by atoms with Crippen LogP contribution in [0.4, 0.5) is 0 Å². The van der Waals surface area contributed by atoms with Crippen LogP contribution in [-0.2, 0) is 10.0 Å². The van der Waals surface area contributed by atoms with Crippen LogP contribution < -0.4 is 10.0 Å². The first-order valence-corrected chi connectivity index (χ1v) is 8.75. The number of nitrogens with one attached hydrogen (secondary N) is 2. The second kappa shape index (κ2) is 4.98. The molecule has 0 radical (unpaired) electrons. The molecule has 0 aromatic heterocycles. The molecule has 6 heteroatoms. The third kappa shape index (κ3) is 3.12. The van der Waals surface area contributed by atoms with Crippen molar-refractivity contribution < 1.29 is 8.42 Å². The van der Waals surface area contributed by atoms with Gasteiger partial charge in [0.1, 0.15) is 0 Å². The van der Waals surface area contributed by atoms with E-state index >= 15 is 0 Å². The van der Waals surface area contributed by atoms with Gasteiger partial charge in [0, 0.05) is 38.8 Å². The molecule has 1 saturated carbocycles. The van der Waals surface area contributed by atoms with Crippen molar-refractivity contribution in [3.63, 3.8) is 0 Å². The topological polar surface area (TPSA) is 61.4 Å². The third-order valence-electron chi connectivity index (χ3n) is 5.20. The molecule has 0 atom stereocenters. The van der Waals surface area contributed by atoms with Gasteiger partial charge in [-0.3, -0.25) is 4.90 Å². The molecule has 0 unspecified atom stereocenters. The first-order chi connectivity index (χ1) is 8.67. The van der Waals surface area contributed by atoms with Crippen molar-refractivity contribution in [2.45, 2.75) is 33.7 Å². The van der Waals surface area contributed by atoms with Crippen LogP contribution in [-0.4, -0.2) is 57.8 Å². The molecular formula is C13H27N3O2S. The monoisotopic (exact) mass is 289 g/mol. The zero-order valence-corrected chi connectivity index (χ0v) is 13.3. The van der Waals surface area contributed by atoms with Crippen LogP contribution in [0.15, 0.2) is 0 Å². The summed E-state index contributed by atoms with van der Waals surface area (Å²) in [6.45, 7) is 12.9. The number of hydrogen-bond donors (Lipinski definition) is 2. The van der Waals surface area contributed by atoms with Gasteiger partial charge in [0.05, 0.1) is 5.75 Å². The molecule has 1 aliphatic carbocycles. The van der Waals surface area contributed by atoms with Gasteiger partial charge in [-0.15, -0.1) is 0 Å². The zero-order valence-electron chi connectivity index (χ0n) is 12.5. The summed E-state index contributed by atoms with van der Waals surface area (Å²) >= 11 is 0. The minimum absolute atomic E-state index is 0.0507. The molecule has 1 aliphatic heterocycles. The van der Waals surface area contributed by atoms with Crippen molar-refractivity contribution >= 4 is 10.0 Å². The Kier molecular flexibility index (Phi) is 3.99. The second-order valence-corrected chi connectivity index (χ2v) is 8.78. The Morgan fingerprint density at radius 2 is 1.68 bits per heavy atom. The Morgan fingerprint density at radius 1 is 1.16 bits per heavy atom. The van der Waals surface area contributed by atoms with E-state index in [9.17, 15) is 8.42 Å². The fraction of sp³-hybridized carbons (Fsp3) is 1.00. The lowest BCUT2D eigenvalue weighted by Gasteiger charge is -2.26. The number of piperazine rings is 1. The van der Waals surface area contributed by atoms with E-state index in [0.717, 1.165) is 26.2 Å². The SMILES string of the molecule is CC1(C)C(NS(=O)(=O)CCN2CCNCC2)C1(C)C. The largest absolute Gasteiger partial charge is 0.314 e. The third-order valence-corrected chi connectivity index (χ3v) is 6.52. The maximum absolute atomic E-state index is 12.1. The molecule has 2 fully saturated rings. The van der Waals surface area contributed by atoms with Crippen molar-refractivity contribution in [1.29, 1.82) is 0 Å². The van der Waals surface area contributed by atoms with E-state index < -0.39 is 10.0 Å². The van der Waals surface area contributed by atoms with E-state index in [1.165, 1.54) is 0 Å². The number of nitrogens with zero attached hydrogens (tertiary/aromatic N) is 1. The smallest absolute Gasteiger partial charge is 0.213 e. The van der Waals surface area contributed by atoms with Crippen LogP contribution in [0.25, 0.3) is 0 Å². The minimum Gasteiger partial charge on any atom is -0.314 e. The molecule has 0 spiro atoms. The molecule has 19 heavy (non-hydrogen) atoms. The molecule has 1 saturated heterocycles. The first-order valence-electron chi connectivity index (χ1n) is 7.10. The molecule has 112 valence electrons. The molecule has 2 rings (SSSR count). The van der Waals surface area contributed by atoms with Crippen LogP contribution >= 0.6 is 0 Å². The fourth-order valence-corrected chi connectivity index (χ4v) is 4.48. The minimum atomic E-state index is -3.17. The molecule has 5 nitrogen and oxygen atoms in total. The highest BCUT2D eigenvalue weighted by molar-refractivity contribution is 7.89. The van der Waals surface area contributed by atoms with Crippen molar-refractivity contribution in [3.8, 4) is 0 Å². The first kappa shape index (κ1) is 15.2. The van der Waals surface area contributed by atoms with E-state index in [-0.39, 0.29) is 22.6 Å². The normalized spacial score (nSPS) is 27.4. The highest BCUT2D eigenvalue weighted by Gasteiger charge is 2.65. The maximum atomic E-state index is 12.1. The van der Waals surface area contributed by atoms with Gasteiger partial charge < -0.3 is 5.32 Å². The van der Waals surface area contributed by atoms with Crippen LogP contribution in [0.1, 0.15) is 27.7 Å². The molecule has 0 aromatic carbocycles. The van der Waals surface area contributed by atoms with Crippen molar-refractivity contribution in [1.82, 2.24) is 14.9 Å². The molecule has 2 aliphatic rings. The van der Waals surface area contributed by atoms with E-state index in [4.69, 9.17) is 0 Å². The fourth-order valence-electron chi connectivity index (χ4n) is 2.91. The summed E-state index contributed by atoms with van der Waals surface area (Å²) in [4.78, 5) is 2.21. The molecule has 1 heterocycles. The molecule has 2 N–H and O–H groups in total. The Balaban J connectivity index is 1.83. The van der Waals surface area contributed by atoms with Crippen LogP contribution in [0.2, 0.25) is 0 Å². The molecular weight excluding hydrogens is 262 g/mol. The van der Waals surface area contributed by atoms with Gasteiger partial charge in [-0.25, -0.2) is 13.1 Å². The lowest BCUT2D eigenvalue weighted by molar-refractivity contribution is 0.253. The summed E-state index contributed by atoms with van der Waals surface area (Å²) in [6, 6.07) is 0.0630. The number of hydrogen-bond acceptors (Lipinski definition) is 4. The van der Waals surface area contributed by atoms with Crippen molar-refractivity contribution in [2.75, 3.05) is 38.5 Å². The lowest BCUT2D eigenvalue weighted by Crippen LogP contribution is -2.46. The standard InChI is InChI=1S/C13H27N3O2S/c1-12(2)11(13(12,3)4)15-19(17,18)10-9-16-7-5-14-6-8-16/h11,14-15H,5-10H2,1-4H3. The van der Waals surface area contributed by atoms with Crippen LogP contribution in [0.5, 0.6) is 0 Å². The molecule has 0 bridgehead atoms. The number of sulfonamides is 1. The van der Waals surface area contributed by atoms with Crippen molar-refractivity contribution in [3.05, 3.63) is 0 Å². The summed E-state index contributed by atoms with van der Waals surface area (Å²) in [7, 11) is -3.17. The average molecular weight is 289 g/mol. The Labute approximate surface area is 117 Å². The second-order valence-electron chi connectivity index (χ2n) is 6.90. The van der Waals surface area contributed by atoms with Gasteiger partial charge in [-0.2, -0.15) is 0 Å². The number of rotatable bonds is 5. The highest BCUT2D eigenvalue weighted by Crippen LogP contribution is 2.62. The van der Waals surface area contributed by atoms with Gasteiger partial charge in [0.15, 0.2) is 0 Å². The summed E-state index contributed by atoms with van der Waals surface area (Å²) in [5.74, 6) is 0.204. The maximum Gasteiger partial charge on any atom is 0.213 e. The van der Waals surface area contributed by atoms with Crippen LogP contribution in [0.3, 0.4) is 0 Å². The summed E-state index contributed by atoms with van der Waals surface area (Å²) in [5.41, 5.74) is 0.101. The van der Waals surface area contributed by atoms with Gasteiger partial charge in [0.2, 0.25) is 10.0 Å². The van der Waals surface area contributed by atoms with Gasteiger partial charge >= 0.3 is 0 Å². The van der Waals surface area contributed by atoms with Crippen molar-refractivity contribution in [2.24, 2.45) is 10.8 Å². The zero-order chi connectivity index (χ0) is 14.3. The Bertz CT molecular complexity index is 411. The van der Waals surface area contributed by atoms with Crippen LogP contribution in [0, 0.1) is 10.8 Å². The Morgan fingerprint density at radius 3 is 2.16 bits per heavy atom. The van der Waals surface area contributed by atoms with E-state index in [1.807, 2.05) is 0 Å². The van der Waals surface area contributed by atoms with Gasteiger partial charge in [-0.1, -0.05) is 27.7 Å². The highest BCUT2D eigenvalue weighted by atomic mass is 32.2. The predicted octanol–water partition coefficient (Wildman–Crippen LogP) is 0.246. The summed E-state index contributed by atoms with van der Waals surface area (Å²) < 4.78 is 27.2. The molecule has 0 amide bonds. The van der Waals surface area contributed by atoms with Gasteiger partial charge in [0.25, 0.3) is 0 Å². The summed E-state index contributed by atoms with van der Waals surface area (Å²) in [6.07, 6.45) is 0. The van der Waals surface area contributed by atoms with E-state index in [0.29, 0.717) is 6.54 Å². The van der Waals surface area contributed by atoms with E-state index in [1.54, 1.807) is 0 Å². The Hall–Kier alpha value is -0.170. The quantitative estimate of drug-likeness (QED) is 0.761. The van der Waals surface area contributed by atoms with Gasteiger partial charge in [-0.05, 0) is 10.8 Å². The van der Waals surface area contributed by atoms with E-state index in [2.05, 4.69) is 42.6 Å². The predicted molar refractivity (Wildman–Crippen MR) is 77.6 cm³/mol.